The maximum Gasteiger partial charge on any atom is 0.311 e. The Morgan fingerprint density at radius 1 is 1.11 bits per heavy atom. The number of benzene rings is 2. The highest BCUT2D eigenvalue weighted by Gasteiger charge is 2.43. The highest BCUT2D eigenvalue weighted by molar-refractivity contribution is 7.10. The number of hydrogen-bond donors (Lipinski definition) is 1. The third kappa shape index (κ3) is 5.89. The summed E-state index contributed by atoms with van der Waals surface area (Å²) in [6, 6.07) is 18.4. The first-order valence-corrected chi connectivity index (χ1v) is 12.3. The molecule has 2 atom stereocenters. The van der Waals surface area contributed by atoms with Crippen molar-refractivity contribution in [1.82, 2.24) is 5.32 Å². The summed E-state index contributed by atoms with van der Waals surface area (Å²) in [5.41, 5.74) is 2.70. The number of nitrogens with one attached hydrogen (secondary N) is 1. The number of methoxy groups -OCH3 is 1. The predicted octanol–water partition coefficient (Wildman–Crippen LogP) is 4.41. The van der Waals surface area contributed by atoms with E-state index in [4.69, 9.17) is 9.47 Å². The van der Waals surface area contributed by atoms with Crippen molar-refractivity contribution in [2.24, 2.45) is 5.92 Å². The SMILES string of the molecule is COc1cccc(CNC(=O)COC(=O)C2CCC(=O)N(c3ccc(C)cc3)C2c2cccs2)c1. The maximum atomic E-state index is 13.2. The van der Waals surface area contributed by atoms with Crippen molar-refractivity contribution in [1.29, 1.82) is 0 Å². The number of ether oxygens (including phenoxy) is 2. The van der Waals surface area contributed by atoms with Gasteiger partial charge in [-0.2, -0.15) is 0 Å². The molecule has 1 aliphatic heterocycles. The van der Waals surface area contributed by atoms with E-state index in [1.54, 1.807) is 12.0 Å². The number of carbonyl (C=O) groups excluding carboxylic acids is 3. The lowest BCUT2D eigenvalue weighted by Gasteiger charge is -2.39. The van der Waals surface area contributed by atoms with E-state index in [9.17, 15) is 14.4 Å². The van der Waals surface area contributed by atoms with E-state index in [2.05, 4.69) is 5.32 Å². The van der Waals surface area contributed by atoms with Crippen LogP contribution in [0.5, 0.6) is 5.75 Å². The second-order valence-corrected chi connectivity index (χ2v) is 9.42. The van der Waals surface area contributed by atoms with Gasteiger partial charge in [0.25, 0.3) is 5.91 Å². The largest absolute Gasteiger partial charge is 0.497 e. The van der Waals surface area contributed by atoms with Gasteiger partial charge >= 0.3 is 5.97 Å². The molecule has 0 aliphatic carbocycles. The third-order valence-electron chi connectivity index (χ3n) is 6.02. The number of anilines is 1. The van der Waals surface area contributed by atoms with E-state index < -0.39 is 23.8 Å². The van der Waals surface area contributed by atoms with Gasteiger partial charge in [0.05, 0.1) is 19.1 Å². The molecule has 2 aromatic carbocycles. The summed E-state index contributed by atoms with van der Waals surface area (Å²) >= 11 is 1.50. The number of thiophene rings is 1. The summed E-state index contributed by atoms with van der Waals surface area (Å²) in [4.78, 5) is 41.1. The summed E-state index contributed by atoms with van der Waals surface area (Å²) in [6.07, 6.45) is 0.603. The lowest BCUT2D eigenvalue weighted by atomic mass is 9.87. The summed E-state index contributed by atoms with van der Waals surface area (Å²) < 4.78 is 10.6. The zero-order chi connectivity index (χ0) is 24.8. The fraction of sp³-hybridized carbons (Fsp3) is 0.296. The number of hydrogen-bond acceptors (Lipinski definition) is 6. The van der Waals surface area contributed by atoms with E-state index in [-0.39, 0.29) is 18.9 Å². The minimum atomic E-state index is -0.571. The fourth-order valence-corrected chi connectivity index (χ4v) is 5.09. The highest BCUT2D eigenvalue weighted by atomic mass is 32.1. The van der Waals surface area contributed by atoms with Crippen LogP contribution in [0.4, 0.5) is 5.69 Å². The molecule has 0 radical (unpaired) electrons. The van der Waals surface area contributed by atoms with Crippen LogP contribution < -0.4 is 15.0 Å². The standard InChI is InChI=1S/C27H28N2O5S/c1-18-8-10-20(11-9-18)29-25(31)13-12-22(26(29)23-7-4-14-35-23)27(32)34-17-24(30)28-16-19-5-3-6-21(15-19)33-2/h3-11,14-15,22,26H,12-13,16-17H2,1-2H3,(H,28,30). The van der Waals surface area contributed by atoms with Gasteiger partial charge < -0.3 is 19.7 Å². The van der Waals surface area contributed by atoms with Gasteiger partial charge in [-0.1, -0.05) is 35.9 Å². The normalized spacial score (nSPS) is 17.7. The molecule has 2 unspecified atom stereocenters. The van der Waals surface area contributed by atoms with Gasteiger partial charge in [0, 0.05) is 23.5 Å². The number of nitrogens with zero attached hydrogens (tertiary/aromatic N) is 1. The highest BCUT2D eigenvalue weighted by Crippen LogP contribution is 2.42. The molecule has 3 aromatic rings. The van der Waals surface area contributed by atoms with E-state index in [0.717, 1.165) is 21.7 Å². The Morgan fingerprint density at radius 3 is 2.63 bits per heavy atom. The zero-order valence-electron chi connectivity index (χ0n) is 19.7. The van der Waals surface area contributed by atoms with Crippen molar-refractivity contribution in [3.8, 4) is 5.75 Å². The number of piperidine rings is 1. The first-order valence-electron chi connectivity index (χ1n) is 11.4. The molecule has 1 N–H and O–H groups in total. The third-order valence-corrected chi connectivity index (χ3v) is 6.96. The summed E-state index contributed by atoms with van der Waals surface area (Å²) in [5, 5.41) is 4.69. The van der Waals surface area contributed by atoms with E-state index in [0.29, 0.717) is 18.7 Å². The van der Waals surface area contributed by atoms with Crippen molar-refractivity contribution < 1.29 is 23.9 Å². The van der Waals surface area contributed by atoms with Crippen molar-refractivity contribution in [3.05, 3.63) is 82.0 Å². The maximum absolute atomic E-state index is 13.2. The second kappa shape index (κ2) is 11.2. The molecule has 1 saturated heterocycles. The first-order chi connectivity index (χ1) is 17.0. The van der Waals surface area contributed by atoms with E-state index in [1.807, 2.05) is 73.0 Å². The van der Waals surface area contributed by atoms with E-state index in [1.165, 1.54) is 11.3 Å². The van der Waals surface area contributed by atoms with Crippen LogP contribution >= 0.6 is 11.3 Å². The minimum Gasteiger partial charge on any atom is -0.497 e. The van der Waals surface area contributed by atoms with Gasteiger partial charge in [0.1, 0.15) is 5.75 Å². The van der Waals surface area contributed by atoms with Crippen LogP contribution in [0.3, 0.4) is 0 Å². The second-order valence-electron chi connectivity index (χ2n) is 8.44. The molecule has 35 heavy (non-hydrogen) atoms. The molecule has 182 valence electrons. The molecule has 8 heteroatoms. The molecule has 4 rings (SSSR count). The number of rotatable bonds is 8. The van der Waals surface area contributed by atoms with Gasteiger partial charge in [0.2, 0.25) is 5.91 Å². The van der Waals surface area contributed by atoms with Crippen LogP contribution in [0, 0.1) is 12.8 Å². The molecule has 0 spiro atoms. The molecular weight excluding hydrogens is 464 g/mol. The quantitative estimate of drug-likeness (QED) is 0.471. The Hall–Kier alpha value is -3.65. The average Bonchev–Trinajstić information content (AvgIpc) is 3.41. The molecule has 7 nitrogen and oxygen atoms in total. The van der Waals surface area contributed by atoms with Crippen molar-refractivity contribution in [3.63, 3.8) is 0 Å². The lowest BCUT2D eigenvalue weighted by Crippen LogP contribution is -2.46. The molecule has 2 heterocycles. The lowest BCUT2D eigenvalue weighted by molar-refractivity contribution is -0.154. The zero-order valence-corrected chi connectivity index (χ0v) is 20.5. The van der Waals surface area contributed by atoms with Gasteiger partial charge in [-0.05, 0) is 54.6 Å². The van der Waals surface area contributed by atoms with Crippen LogP contribution in [0.2, 0.25) is 0 Å². The van der Waals surface area contributed by atoms with Crippen LogP contribution in [-0.2, 0) is 25.7 Å². The molecule has 0 saturated carbocycles. The summed E-state index contributed by atoms with van der Waals surface area (Å²) in [6.45, 7) is 1.90. The Kier molecular flexibility index (Phi) is 7.82. The van der Waals surface area contributed by atoms with Crippen LogP contribution in [0.15, 0.2) is 66.0 Å². The molecule has 0 bridgehead atoms. The Bertz CT molecular complexity index is 1180. The van der Waals surface area contributed by atoms with Crippen LogP contribution in [-0.4, -0.2) is 31.5 Å². The number of aryl methyl sites for hydroxylation is 1. The monoisotopic (exact) mass is 492 g/mol. The predicted molar refractivity (Wildman–Crippen MR) is 134 cm³/mol. The van der Waals surface area contributed by atoms with E-state index >= 15 is 0 Å². The van der Waals surface area contributed by atoms with Gasteiger partial charge in [-0.3, -0.25) is 14.4 Å². The topological polar surface area (TPSA) is 84.9 Å². The fourth-order valence-electron chi connectivity index (χ4n) is 4.21. The first kappa shape index (κ1) is 24.5. The van der Waals surface area contributed by atoms with Crippen molar-refractivity contribution in [2.75, 3.05) is 18.6 Å². The minimum absolute atomic E-state index is 0.0349. The van der Waals surface area contributed by atoms with Gasteiger partial charge in [0.15, 0.2) is 6.61 Å². The Morgan fingerprint density at radius 2 is 1.91 bits per heavy atom. The molecule has 1 aliphatic rings. The molecule has 1 fully saturated rings. The molecular formula is C27H28N2O5S. The number of esters is 1. The average molecular weight is 493 g/mol. The van der Waals surface area contributed by atoms with Crippen molar-refractivity contribution in [2.45, 2.75) is 32.4 Å². The van der Waals surface area contributed by atoms with Gasteiger partial charge in [-0.15, -0.1) is 11.3 Å². The molecule has 2 amide bonds. The number of carbonyl (C=O) groups is 3. The summed E-state index contributed by atoms with van der Waals surface area (Å²) in [7, 11) is 1.58. The van der Waals surface area contributed by atoms with Crippen LogP contribution in [0.25, 0.3) is 0 Å². The van der Waals surface area contributed by atoms with Gasteiger partial charge in [-0.25, -0.2) is 0 Å². The number of amides is 2. The van der Waals surface area contributed by atoms with Crippen molar-refractivity contribution >= 4 is 34.8 Å². The van der Waals surface area contributed by atoms with Crippen LogP contribution in [0.1, 0.15) is 34.9 Å². The Balaban J connectivity index is 1.44. The summed E-state index contributed by atoms with van der Waals surface area (Å²) in [5.74, 6) is -0.778. The smallest absolute Gasteiger partial charge is 0.311 e. The molecule has 1 aromatic heterocycles. The Labute approximate surface area is 208 Å².